The second kappa shape index (κ2) is 13.4. The van der Waals surface area contributed by atoms with Crippen LogP contribution in [0.25, 0.3) is 0 Å². The second-order valence-electron chi connectivity index (χ2n) is 7.67. The number of hydrogen-bond acceptors (Lipinski definition) is 8. The van der Waals surface area contributed by atoms with Crippen molar-refractivity contribution in [2.75, 3.05) is 79.3 Å². The first-order valence-electron chi connectivity index (χ1n) is 11.5. The Hall–Kier alpha value is -2.42. The highest BCUT2D eigenvalue weighted by Gasteiger charge is 2.83. The van der Waals surface area contributed by atoms with Crippen molar-refractivity contribution in [3.63, 3.8) is 0 Å². The van der Waals surface area contributed by atoms with Crippen LogP contribution in [-0.4, -0.2) is 97.1 Å². The Labute approximate surface area is 209 Å². The molecule has 0 aromatic heterocycles. The number of para-hydroxylation sites is 2. The van der Waals surface area contributed by atoms with E-state index < -0.39 is 42.5 Å². The van der Waals surface area contributed by atoms with Gasteiger partial charge in [-0.05, 0) is 12.1 Å². The van der Waals surface area contributed by atoms with Gasteiger partial charge in [0.1, 0.15) is 26.4 Å². The molecule has 0 spiro atoms. The van der Waals surface area contributed by atoms with Crippen molar-refractivity contribution in [1.29, 1.82) is 0 Å². The Balaban J connectivity index is 1.57. The summed E-state index contributed by atoms with van der Waals surface area (Å²) >= 11 is 0. The number of hydrogen-bond donors (Lipinski definition) is 0. The molecule has 1 aliphatic carbocycles. The van der Waals surface area contributed by atoms with Gasteiger partial charge in [0.05, 0.1) is 52.9 Å². The van der Waals surface area contributed by atoms with Crippen molar-refractivity contribution >= 4 is 0 Å². The fourth-order valence-electron chi connectivity index (χ4n) is 3.24. The Morgan fingerprint density at radius 1 is 0.432 bits per heavy atom. The van der Waals surface area contributed by atoms with E-state index in [1.165, 1.54) is 0 Å². The zero-order chi connectivity index (χ0) is 26.8. The predicted molar refractivity (Wildman–Crippen MR) is 114 cm³/mol. The van der Waals surface area contributed by atoms with Gasteiger partial charge in [0, 0.05) is 0 Å². The molecule has 0 bridgehead atoms. The number of rotatable bonds is 0. The van der Waals surface area contributed by atoms with Gasteiger partial charge in [-0.2, -0.15) is 26.3 Å². The number of halogens is 6. The molecule has 0 saturated heterocycles. The van der Waals surface area contributed by atoms with E-state index in [-0.39, 0.29) is 66.1 Å². The molecule has 210 valence electrons. The van der Waals surface area contributed by atoms with E-state index in [1.807, 2.05) is 0 Å². The van der Waals surface area contributed by atoms with Crippen LogP contribution < -0.4 is 9.47 Å². The lowest BCUT2D eigenvalue weighted by molar-refractivity contribution is -0.277. The average molecular weight is 546 g/mol. The van der Waals surface area contributed by atoms with Crippen LogP contribution in [0.2, 0.25) is 0 Å². The molecule has 0 atom stereocenters. The van der Waals surface area contributed by atoms with Gasteiger partial charge < -0.3 is 37.9 Å². The highest BCUT2D eigenvalue weighted by Crippen LogP contribution is 2.59. The Bertz CT molecular complexity index is 816. The van der Waals surface area contributed by atoms with Gasteiger partial charge in [0.15, 0.2) is 11.5 Å². The maximum absolute atomic E-state index is 14.1. The molecule has 0 amide bonds. The molecule has 1 aromatic rings. The summed E-state index contributed by atoms with van der Waals surface area (Å²) in [7, 11) is 0. The van der Waals surface area contributed by atoms with Crippen LogP contribution in [0.15, 0.2) is 35.8 Å². The molecule has 0 saturated carbocycles. The molecule has 0 fully saturated rings. The molecule has 0 radical (unpaired) electrons. The van der Waals surface area contributed by atoms with Crippen LogP contribution in [-0.2, 0) is 28.4 Å². The van der Waals surface area contributed by atoms with Crippen LogP contribution in [0.5, 0.6) is 11.5 Å². The van der Waals surface area contributed by atoms with Gasteiger partial charge in [-0.1, -0.05) is 12.1 Å². The zero-order valence-electron chi connectivity index (χ0n) is 19.8. The molecule has 3 rings (SSSR count). The standard InChI is InChI=1S/C23H28F6O8/c24-21(25)19-20(22(26,27)23(21,28)29)37-16-12-33-8-6-31-10-14-35-18-4-2-1-3-17(18)34-13-9-30-5-7-32-11-15-36-19/h1-4H,5-16H2. The normalized spacial score (nSPS) is 24.2. The van der Waals surface area contributed by atoms with Gasteiger partial charge >= 0.3 is 17.8 Å². The van der Waals surface area contributed by atoms with Crippen LogP contribution in [0, 0.1) is 0 Å². The number of benzene rings is 1. The predicted octanol–water partition coefficient (Wildman–Crippen LogP) is 3.69. The molecule has 0 unspecified atom stereocenters. The summed E-state index contributed by atoms with van der Waals surface area (Å²) in [4.78, 5) is 0. The van der Waals surface area contributed by atoms with Crippen molar-refractivity contribution < 1.29 is 64.2 Å². The fraction of sp³-hybridized carbons (Fsp3) is 0.652. The summed E-state index contributed by atoms with van der Waals surface area (Å²) in [5.74, 6) is -19.1. The van der Waals surface area contributed by atoms with E-state index in [1.54, 1.807) is 24.3 Å². The van der Waals surface area contributed by atoms with E-state index in [2.05, 4.69) is 9.47 Å². The van der Waals surface area contributed by atoms with Gasteiger partial charge in [-0.25, -0.2) is 0 Å². The van der Waals surface area contributed by atoms with Crippen molar-refractivity contribution in [2.45, 2.75) is 17.8 Å². The first-order chi connectivity index (χ1) is 17.7. The molecule has 1 heterocycles. The maximum atomic E-state index is 14.1. The highest BCUT2D eigenvalue weighted by atomic mass is 19.3. The summed E-state index contributed by atoms with van der Waals surface area (Å²) in [5.41, 5.74) is 0. The molecular weight excluding hydrogens is 518 g/mol. The third-order valence-corrected chi connectivity index (χ3v) is 5.08. The molecule has 1 aliphatic heterocycles. The van der Waals surface area contributed by atoms with Crippen LogP contribution in [0.3, 0.4) is 0 Å². The van der Waals surface area contributed by atoms with Gasteiger partial charge in [-0.3, -0.25) is 0 Å². The van der Waals surface area contributed by atoms with Crippen LogP contribution in [0.4, 0.5) is 26.3 Å². The summed E-state index contributed by atoms with van der Waals surface area (Å²) in [5, 5.41) is 0. The minimum atomic E-state index is -5.73. The molecule has 1 aromatic carbocycles. The summed E-state index contributed by atoms with van der Waals surface area (Å²) in [6, 6.07) is 7.04. The molecule has 2 aliphatic rings. The minimum Gasteiger partial charge on any atom is -0.487 e. The quantitative estimate of drug-likeness (QED) is 0.457. The number of alkyl halides is 6. The first kappa shape index (κ1) is 29.1. The van der Waals surface area contributed by atoms with E-state index in [4.69, 9.17) is 28.4 Å². The lowest BCUT2D eigenvalue weighted by Crippen LogP contribution is -2.49. The van der Waals surface area contributed by atoms with Gasteiger partial charge in [0.2, 0.25) is 11.5 Å². The largest absolute Gasteiger partial charge is 0.487 e. The van der Waals surface area contributed by atoms with Crippen molar-refractivity contribution in [3.05, 3.63) is 35.8 Å². The van der Waals surface area contributed by atoms with Crippen LogP contribution >= 0.6 is 0 Å². The average Bonchev–Trinajstić information content (AvgIpc) is 2.95. The lowest BCUT2D eigenvalue weighted by Gasteiger charge is -2.24. The monoisotopic (exact) mass is 546 g/mol. The van der Waals surface area contributed by atoms with E-state index >= 15 is 0 Å². The van der Waals surface area contributed by atoms with E-state index in [0.29, 0.717) is 11.5 Å². The molecule has 8 nitrogen and oxygen atoms in total. The first-order valence-corrected chi connectivity index (χ1v) is 11.5. The summed E-state index contributed by atoms with van der Waals surface area (Å²) in [6.07, 6.45) is 0. The van der Waals surface area contributed by atoms with Crippen molar-refractivity contribution in [1.82, 2.24) is 0 Å². The Kier molecular flexibility index (Phi) is 10.6. The van der Waals surface area contributed by atoms with E-state index in [9.17, 15) is 26.3 Å². The Morgan fingerprint density at radius 2 is 0.730 bits per heavy atom. The lowest BCUT2D eigenvalue weighted by atomic mass is 10.1. The highest BCUT2D eigenvalue weighted by molar-refractivity contribution is 5.39. The van der Waals surface area contributed by atoms with Gasteiger partial charge in [-0.15, -0.1) is 0 Å². The summed E-state index contributed by atoms with van der Waals surface area (Å²) < 4.78 is 126. The molecule has 14 heteroatoms. The SMILES string of the molecule is FC1(F)C2=C(OCCOCCOCCOc3ccccc3OCCOCCOCCO2)C(F)(F)C1(F)F. The minimum absolute atomic E-state index is 0.00547. The third-order valence-electron chi connectivity index (χ3n) is 5.08. The zero-order valence-corrected chi connectivity index (χ0v) is 19.8. The topological polar surface area (TPSA) is 73.8 Å². The fourth-order valence-corrected chi connectivity index (χ4v) is 3.24. The van der Waals surface area contributed by atoms with E-state index in [0.717, 1.165) is 0 Å². The third kappa shape index (κ3) is 7.12. The molecular formula is C23H28F6O8. The van der Waals surface area contributed by atoms with Crippen molar-refractivity contribution in [3.8, 4) is 11.5 Å². The number of ether oxygens (including phenoxy) is 8. The molecule has 37 heavy (non-hydrogen) atoms. The van der Waals surface area contributed by atoms with Crippen LogP contribution in [0.1, 0.15) is 0 Å². The maximum Gasteiger partial charge on any atom is 0.387 e. The van der Waals surface area contributed by atoms with Gasteiger partial charge in [0.25, 0.3) is 0 Å². The van der Waals surface area contributed by atoms with Crippen molar-refractivity contribution in [2.24, 2.45) is 0 Å². The number of allylic oxidation sites excluding steroid dienone is 2. The smallest absolute Gasteiger partial charge is 0.387 e. The summed E-state index contributed by atoms with van der Waals surface area (Å²) in [6.45, 7) is -1.09. The molecule has 0 N–H and O–H groups in total. The Morgan fingerprint density at radius 3 is 1.08 bits per heavy atom. The second-order valence-corrected chi connectivity index (χ2v) is 7.67. The number of fused-ring (bicyclic) bond motifs is 1.